The maximum atomic E-state index is 12.4. The second-order valence-electron chi connectivity index (χ2n) is 7.97. The van der Waals surface area contributed by atoms with Crippen molar-refractivity contribution in [2.75, 3.05) is 47.4 Å². The zero-order chi connectivity index (χ0) is 19.7. The topological polar surface area (TPSA) is 62.6 Å². The van der Waals surface area contributed by atoms with Crippen LogP contribution in [0.2, 0.25) is 0 Å². The third-order valence-electron chi connectivity index (χ3n) is 5.89. The molecule has 0 saturated carbocycles. The molecule has 28 heavy (non-hydrogen) atoms. The predicted molar refractivity (Wildman–Crippen MR) is 108 cm³/mol. The molecule has 150 valence electrons. The van der Waals surface area contributed by atoms with Gasteiger partial charge in [0.15, 0.2) is 0 Å². The Hall–Kier alpha value is -2.38. The van der Waals surface area contributed by atoms with Gasteiger partial charge in [0, 0.05) is 31.7 Å². The van der Waals surface area contributed by atoms with Crippen LogP contribution in [0.1, 0.15) is 18.7 Å². The van der Waals surface area contributed by atoms with Gasteiger partial charge in [-0.05, 0) is 51.2 Å². The van der Waals surface area contributed by atoms with E-state index in [1.807, 2.05) is 42.2 Å². The monoisotopic (exact) mass is 383 g/mol. The van der Waals surface area contributed by atoms with Crippen molar-refractivity contribution in [1.29, 1.82) is 0 Å². The van der Waals surface area contributed by atoms with Gasteiger partial charge in [0.2, 0.25) is 5.91 Å². The van der Waals surface area contributed by atoms with E-state index in [0.717, 1.165) is 61.9 Å². The number of benzene rings is 1. The maximum Gasteiger partial charge on any atom is 0.236 e. The highest BCUT2D eigenvalue weighted by molar-refractivity contribution is 5.78. The summed E-state index contributed by atoms with van der Waals surface area (Å²) in [4.78, 5) is 21.1. The minimum atomic E-state index is -0.141. The van der Waals surface area contributed by atoms with Crippen molar-refractivity contribution in [3.8, 4) is 17.0 Å². The lowest BCUT2D eigenvalue weighted by Gasteiger charge is -2.44. The molecule has 1 aromatic carbocycles. The molecule has 7 nitrogen and oxygen atoms in total. The van der Waals surface area contributed by atoms with Crippen LogP contribution in [0.5, 0.6) is 5.75 Å². The first kappa shape index (κ1) is 19.0. The number of nitrogens with one attached hydrogen (secondary N) is 1. The van der Waals surface area contributed by atoms with Crippen molar-refractivity contribution in [3.63, 3.8) is 0 Å². The van der Waals surface area contributed by atoms with E-state index in [2.05, 4.69) is 22.0 Å². The second kappa shape index (κ2) is 7.56. The molecule has 0 radical (unpaired) electrons. The van der Waals surface area contributed by atoms with Crippen LogP contribution in [0, 0.1) is 0 Å². The lowest BCUT2D eigenvalue weighted by atomic mass is 9.85. The van der Waals surface area contributed by atoms with Gasteiger partial charge in [0.05, 0.1) is 31.1 Å². The van der Waals surface area contributed by atoms with Gasteiger partial charge in [-0.3, -0.25) is 4.79 Å². The number of amides is 1. The molecular formula is C21H29N5O2. The highest BCUT2D eigenvalue weighted by Crippen LogP contribution is 2.37. The van der Waals surface area contributed by atoms with Gasteiger partial charge in [0.25, 0.3) is 0 Å². The van der Waals surface area contributed by atoms with Crippen LogP contribution in [-0.4, -0.2) is 72.6 Å². The number of methoxy groups -OCH3 is 1. The van der Waals surface area contributed by atoms with Gasteiger partial charge in [-0.2, -0.15) is 0 Å². The Morgan fingerprint density at radius 2 is 1.93 bits per heavy atom. The number of piperidine rings is 1. The molecule has 1 N–H and O–H groups in total. The van der Waals surface area contributed by atoms with Gasteiger partial charge in [-0.25, -0.2) is 4.98 Å². The number of hydrogen-bond acceptors (Lipinski definition) is 5. The van der Waals surface area contributed by atoms with Crippen molar-refractivity contribution in [3.05, 3.63) is 36.3 Å². The van der Waals surface area contributed by atoms with Gasteiger partial charge >= 0.3 is 0 Å². The summed E-state index contributed by atoms with van der Waals surface area (Å²) in [7, 11) is 5.55. The molecule has 0 unspecified atom stereocenters. The molecule has 0 atom stereocenters. The number of carbonyl (C=O) groups excluding carboxylic acids is 1. The fourth-order valence-electron chi connectivity index (χ4n) is 4.37. The Bertz CT molecular complexity index is 835. The van der Waals surface area contributed by atoms with Crippen LogP contribution in [-0.2, 0) is 16.9 Å². The van der Waals surface area contributed by atoms with E-state index in [4.69, 9.17) is 9.72 Å². The quantitative estimate of drug-likeness (QED) is 0.868. The molecule has 7 heteroatoms. The van der Waals surface area contributed by atoms with Crippen molar-refractivity contribution in [2.45, 2.75) is 24.9 Å². The van der Waals surface area contributed by atoms with Crippen molar-refractivity contribution < 1.29 is 9.53 Å². The smallest absolute Gasteiger partial charge is 0.236 e. The molecule has 2 aliphatic rings. The number of aromatic nitrogens is 2. The minimum absolute atomic E-state index is 0.141. The molecule has 4 rings (SSSR count). The molecule has 3 heterocycles. The third-order valence-corrected chi connectivity index (χ3v) is 5.89. The summed E-state index contributed by atoms with van der Waals surface area (Å²) >= 11 is 0. The van der Waals surface area contributed by atoms with E-state index in [-0.39, 0.29) is 11.4 Å². The molecule has 1 fully saturated rings. The summed E-state index contributed by atoms with van der Waals surface area (Å²) in [5, 5.41) is 3.72. The van der Waals surface area contributed by atoms with Crippen molar-refractivity contribution in [2.24, 2.45) is 0 Å². The van der Waals surface area contributed by atoms with Gasteiger partial charge in [-0.15, -0.1) is 0 Å². The van der Waals surface area contributed by atoms with E-state index in [1.54, 1.807) is 7.11 Å². The maximum absolute atomic E-state index is 12.4. The summed E-state index contributed by atoms with van der Waals surface area (Å²) in [6, 6.07) is 8.14. The Balaban J connectivity index is 1.55. The number of hydrogen-bond donors (Lipinski definition) is 1. The highest BCUT2D eigenvalue weighted by atomic mass is 16.5. The predicted octanol–water partition coefficient (Wildman–Crippen LogP) is 1.54. The number of carbonyl (C=O) groups is 1. The van der Waals surface area contributed by atoms with Gasteiger partial charge < -0.3 is 24.4 Å². The van der Waals surface area contributed by atoms with E-state index < -0.39 is 0 Å². The number of nitrogens with zero attached hydrogens (tertiary/aromatic N) is 4. The summed E-state index contributed by atoms with van der Waals surface area (Å²) in [5.74, 6) is 2.16. The first-order chi connectivity index (χ1) is 13.5. The molecule has 1 amide bonds. The average molecular weight is 383 g/mol. The first-order valence-electron chi connectivity index (χ1n) is 9.90. The average Bonchev–Trinajstić information content (AvgIpc) is 3.14. The van der Waals surface area contributed by atoms with E-state index >= 15 is 0 Å². The molecule has 0 bridgehead atoms. The Morgan fingerprint density at radius 1 is 1.21 bits per heavy atom. The lowest BCUT2D eigenvalue weighted by Crippen LogP contribution is -2.57. The van der Waals surface area contributed by atoms with Crippen LogP contribution in [0.3, 0.4) is 0 Å². The van der Waals surface area contributed by atoms with Crippen molar-refractivity contribution in [1.82, 2.24) is 24.7 Å². The van der Waals surface area contributed by atoms with Crippen molar-refractivity contribution >= 4 is 5.91 Å². The molecule has 0 aliphatic carbocycles. The number of imidazole rings is 1. The molecule has 2 aromatic rings. The Morgan fingerprint density at radius 3 is 2.57 bits per heavy atom. The highest BCUT2D eigenvalue weighted by Gasteiger charge is 2.42. The summed E-state index contributed by atoms with van der Waals surface area (Å²) in [5.41, 5.74) is 2.15. The van der Waals surface area contributed by atoms with E-state index in [9.17, 15) is 4.79 Å². The molecule has 1 saturated heterocycles. The second-order valence-corrected chi connectivity index (χ2v) is 7.97. The van der Waals surface area contributed by atoms with E-state index in [0.29, 0.717) is 6.54 Å². The SMILES string of the molecule is COc1ccc(-c2cnc3n2CCNC32CCN(C(=O)CN(C)C)CC2)cc1. The summed E-state index contributed by atoms with van der Waals surface area (Å²) < 4.78 is 7.62. The number of rotatable bonds is 4. The zero-order valence-electron chi connectivity index (χ0n) is 16.9. The van der Waals surface area contributed by atoms with Crippen LogP contribution < -0.4 is 10.1 Å². The zero-order valence-corrected chi connectivity index (χ0v) is 16.9. The number of likely N-dealkylation sites (tertiary alicyclic amines) is 1. The van der Waals surface area contributed by atoms with Crippen LogP contribution >= 0.6 is 0 Å². The normalized spacial score (nSPS) is 18.4. The summed E-state index contributed by atoms with van der Waals surface area (Å²) in [6.45, 7) is 3.82. The molecule has 1 spiro atoms. The molecular weight excluding hydrogens is 354 g/mol. The van der Waals surface area contributed by atoms with Crippen LogP contribution in [0.15, 0.2) is 30.5 Å². The van der Waals surface area contributed by atoms with Gasteiger partial charge in [0.1, 0.15) is 11.6 Å². The Kier molecular flexibility index (Phi) is 5.12. The Labute approximate surface area is 166 Å². The fraction of sp³-hybridized carbons (Fsp3) is 0.524. The largest absolute Gasteiger partial charge is 0.497 e. The standard InChI is InChI=1S/C21H29N5O2/c1-24(2)15-19(27)25-11-8-21(9-12-25)20-22-14-18(26(20)13-10-23-21)16-4-6-17(28-3)7-5-16/h4-7,14,23H,8-13,15H2,1-3H3. The van der Waals surface area contributed by atoms with Crippen LogP contribution in [0.4, 0.5) is 0 Å². The molecule has 1 aromatic heterocycles. The van der Waals surface area contributed by atoms with E-state index in [1.165, 1.54) is 0 Å². The number of likely N-dealkylation sites (N-methyl/N-ethyl adjacent to an activating group) is 1. The van der Waals surface area contributed by atoms with Gasteiger partial charge in [-0.1, -0.05) is 0 Å². The number of ether oxygens (including phenoxy) is 1. The third kappa shape index (κ3) is 3.40. The lowest BCUT2D eigenvalue weighted by molar-refractivity contribution is -0.133. The first-order valence-corrected chi connectivity index (χ1v) is 9.90. The summed E-state index contributed by atoms with van der Waals surface area (Å²) in [6.07, 6.45) is 3.77. The fourth-order valence-corrected chi connectivity index (χ4v) is 4.37. The minimum Gasteiger partial charge on any atom is -0.497 e. The van der Waals surface area contributed by atoms with Crippen LogP contribution in [0.25, 0.3) is 11.3 Å². The number of fused-ring (bicyclic) bond motifs is 2. The molecule has 2 aliphatic heterocycles.